The first-order chi connectivity index (χ1) is 29.3. The molecule has 6 heteroatoms. The lowest BCUT2D eigenvalue weighted by atomic mass is 10.0. The second-order valence-corrected chi connectivity index (χ2v) is 15.5. The maximum atomic E-state index is 6.77. The van der Waals surface area contributed by atoms with Gasteiger partial charge in [-0.15, -0.1) is 0 Å². The Balaban J connectivity index is 1.07. The fourth-order valence-corrected chi connectivity index (χ4v) is 9.92. The van der Waals surface area contributed by atoms with Crippen LogP contribution >= 0.6 is 0 Å². The molecule has 14 aromatic rings. The maximum Gasteiger partial charge on any atom is 0.216 e. The number of pyridine rings is 1. The summed E-state index contributed by atoms with van der Waals surface area (Å²) in [5.74, 6) is 0. The van der Waals surface area contributed by atoms with Crippen LogP contribution < -0.4 is 0 Å². The third kappa shape index (κ3) is 4.06. The van der Waals surface area contributed by atoms with E-state index in [4.69, 9.17) is 13.8 Å². The number of imidazole rings is 1. The van der Waals surface area contributed by atoms with Crippen molar-refractivity contribution in [3.05, 3.63) is 182 Å². The van der Waals surface area contributed by atoms with Crippen LogP contribution in [0.3, 0.4) is 0 Å². The van der Waals surface area contributed by atoms with Crippen LogP contribution in [0.5, 0.6) is 0 Å². The van der Waals surface area contributed by atoms with Gasteiger partial charge in [0.1, 0.15) is 11.2 Å². The van der Waals surface area contributed by atoms with Crippen LogP contribution in [-0.2, 0) is 0 Å². The molecule has 0 bridgehead atoms. The molecule has 0 amide bonds. The Kier molecular flexibility index (Phi) is 5.93. The van der Waals surface area contributed by atoms with Gasteiger partial charge in [0.15, 0.2) is 11.2 Å². The molecular weight excluding hydrogens is 725 g/mol. The molecule has 0 aliphatic rings. The second-order valence-electron chi connectivity index (χ2n) is 15.5. The van der Waals surface area contributed by atoms with Gasteiger partial charge in [0, 0.05) is 38.0 Å². The number of aromatic nitrogens is 4. The molecule has 8 aromatic carbocycles. The molecule has 0 saturated carbocycles. The van der Waals surface area contributed by atoms with Crippen molar-refractivity contribution < 1.29 is 8.83 Å². The Labute approximate surface area is 335 Å². The first-order valence-electron chi connectivity index (χ1n) is 20.0. The van der Waals surface area contributed by atoms with Gasteiger partial charge in [-0.3, -0.25) is 4.40 Å². The van der Waals surface area contributed by atoms with Crippen molar-refractivity contribution in [3.8, 4) is 22.5 Å². The minimum Gasteiger partial charge on any atom is -0.454 e. The molecule has 6 aromatic heterocycles. The fraction of sp³-hybridized carbons (Fsp3) is 0. The first kappa shape index (κ1) is 31.0. The van der Waals surface area contributed by atoms with Crippen LogP contribution in [0.4, 0.5) is 0 Å². The summed E-state index contributed by atoms with van der Waals surface area (Å²) in [5.41, 5.74) is 15.1. The van der Waals surface area contributed by atoms with Crippen LogP contribution in [0, 0.1) is 0 Å². The third-order valence-corrected chi connectivity index (χ3v) is 12.4. The molecule has 0 N–H and O–H groups in total. The number of hydrogen-bond acceptors (Lipinski definition) is 3. The van der Waals surface area contributed by atoms with Crippen molar-refractivity contribution in [1.82, 2.24) is 18.5 Å². The zero-order chi connectivity index (χ0) is 38.3. The predicted molar refractivity (Wildman–Crippen MR) is 241 cm³/mol. The van der Waals surface area contributed by atoms with Crippen molar-refractivity contribution >= 4 is 104 Å². The molecule has 274 valence electrons. The van der Waals surface area contributed by atoms with E-state index in [2.05, 4.69) is 177 Å². The number of hydrogen-bond donors (Lipinski definition) is 0. The van der Waals surface area contributed by atoms with E-state index >= 15 is 0 Å². The molecule has 0 aliphatic carbocycles. The molecule has 6 heterocycles. The normalized spacial score (nSPS) is 12.4. The van der Waals surface area contributed by atoms with Crippen molar-refractivity contribution in [2.75, 3.05) is 0 Å². The Bertz CT molecular complexity index is 4080. The Morgan fingerprint density at radius 3 is 1.86 bits per heavy atom. The third-order valence-electron chi connectivity index (χ3n) is 12.4. The second kappa shape index (κ2) is 11.3. The van der Waals surface area contributed by atoms with Crippen LogP contribution in [0.25, 0.3) is 127 Å². The molecule has 0 spiro atoms. The molecule has 14 rings (SSSR count). The van der Waals surface area contributed by atoms with Crippen molar-refractivity contribution in [3.63, 3.8) is 0 Å². The fourth-order valence-electron chi connectivity index (χ4n) is 9.92. The highest BCUT2D eigenvalue weighted by molar-refractivity contribution is 6.29. The van der Waals surface area contributed by atoms with Crippen LogP contribution in [0.1, 0.15) is 0 Å². The van der Waals surface area contributed by atoms with E-state index in [-0.39, 0.29) is 0 Å². The first-order valence-corrected chi connectivity index (χ1v) is 20.0. The van der Waals surface area contributed by atoms with E-state index in [9.17, 15) is 0 Å². The van der Waals surface area contributed by atoms with Gasteiger partial charge in [-0.05, 0) is 83.9 Å². The predicted octanol–water partition coefficient (Wildman–Crippen LogP) is 14.1. The largest absolute Gasteiger partial charge is 0.454 e. The summed E-state index contributed by atoms with van der Waals surface area (Å²) in [4.78, 5) is 5.34. The number of fused-ring (bicyclic) bond motifs is 18. The molecule has 0 atom stereocenters. The molecule has 0 fully saturated rings. The SMILES string of the molecule is c1ccc(-n2c3ccc(-c4ccc5c(c4)c4ccccc4n5-c4cccc5c4oc4ccccc45)cc3c3c2c2c4ccccc4oc2n2c4ccccc4nc32)cc1. The Hall–Kier alpha value is -8.09. The molecule has 0 unspecified atom stereocenters. The summed E-state index contributed by atoms with van der Waals surface area (Å²) in [6.45, 7) is 0. The summed E-state index contributed by atoms with van der Waals surface area (Å²) >= 11 is 0. The summed E-state index contributed by atoms with van der Waals surface area (Å²) in [5, 5.41) is 8.99. The average molecular weight is 755 g/mol. The minimum atomic E-state index is 0.794. The molecule has 0 radical (unpaired) electrons. The van der Waals surface area contributed by atoms with E-state index < -0.39 is 0 Å². The quantitative estimate of drug-likeness (QED) is 0.180. The number of rotatable bonds is 3. The summed E-state index contributed by atoms with van der Waals surface area (Å²) in [6, 6.07) is 64.6. The number of furan rings is 2. The molecule has 0 saturated heterocycles. The monoisotopic (exact) mass is 754 g/mol. The standard InChI is InChI=1S/C53H30N4O2/c1-2-13-33(14-3-1)55-43-28-26-32(30-39(43)48-50(55)49-37-17-6-11-24-47(37)59-53(49)57-44-21-9-7-19-40(44)54-52(48)57)31-25-27-42-38(29-31)34-15-4-8-20-41(34)56(42)45-22-12-18-36-35-16-5-10-23-46(35)58-51(36)45/h1-30H. The van der Waals surface area contributed by atoms with Gasteiger partial charge >= 0.3 is 0 Å². The Morgan fingerprint density at radius 1 is 0.407 bits per heavy atom. The van der Waals surface area contributed by atoms with Gasteiger partial charge in [0.05, 0.1) is 49.6 Å². The van der Waals surface area contributed by atoms with E-state index in [0.29, 0.717) is 0 Å². The Morgan fingerprint density at radius 2 is 1.03 bits per heavy atom. The lowest BCUT2D eigenvalue weighted by Gasteiger charge is -2.10. The summed E-state index contributed by atoms with van der Waals surface area (Å²) in [6.07, 6.45) is 0. The van der Waals surface area contributed by atoms with E-state index in [1.54, 1.807) is 0 Å². The van der Waals surface area contributed by atoms with Gasteiger partial charge in [0.25, 0.3) is 0 Å². The highest BCUT2D eigenvalue weighted by Gasteiger charge is 2.26. The van der Waals surface area contributed by atoms with Gasteiger partial charge < -0.3 is 18.0 Å². The molecule has 59 heavy (non-hydrogen) atoms. The van der Waals surface area contributed by atoms with E-state index in [0.717, 1.165) is 116 Å². The van der Waals surface area contributed by atoms with Gasteiger partial charge in [-0.1, -0.05) is 109 Å². The molecule has 6 nitrogen and oxygen atoms in total. The highest BCUT2D eigenvalue weighted by atomic mass is 16.3. The minimum absolute atomic E-state index is 0.794. The summed E-state index contributed by atoms with van der Waals surface area (Å²) < 4.78 is 20.3. The van der Waals surface area contributed by atoms with E-state index in [1.807, 2.05) is 18.2 Å². The lowest BCUT2D eigenvalue weighted by molar-refractivity contribution is 0.650. The van der Waals surface area contributed by atoms with E-state index in [1.165, 1.54) is 10.8 Å². The molecule has 0 aliphatic heterocycles. The topological polar surface area (TPSA) is 53.4 Å². The van der Waals surface area contributed by atoms with Crippen LogP contribution in [0.15, 0.2) is 191 Å². The average Bonchev–Trinajstić information content (AvgIpc) is 4.10. The van der Waals surface area contributed by atoms with Crippen LogP contribution in [-0.4, -0.2) is 18.5 Å². The van der Waals surface area contributed by atoms with Gasteiger partial charge in [0.2, 0.25) is 5.71 Å². The zero-order valence-electron chi connectivity index (χ0n) is 31.4. The summed E-state index contributed by atoms with van der Waals surface area (Å²) in [7, 11) is 0. The highest BCUT2D eigenvalue weighted by Crippen LogP contribution is 2.45. The molecular formula is C53H30N4O2. The van der Waals surface area contributed by atoms with Crippen LogP contribution in [0.2, 0.25) is 0 Å². The lowest BCUT2D eigenvalue weighted by Crippen LogP contribution is -1.95. The number of para-hydroxylation sites is 7. The number of nitrogens with zero attached hydrogens (tertiary/aromatic N) is 4. The zero-order valence-corrected chi connectivity index (χ0v) is 31.4. The van der Waals surface area contributed by atoms with Crippen molar-refractivity contribution in [1.29, 1.82) is 0 Å². The van der Waals surface area contributed by atoms with Gasteiger partial charge in [-0.2, -0.15) is 0 Å². The maximum absolute atomic E-state index is 6.77. The smallest absolute Gasteiger partial charge is 0.216 e. The van der Waals surface area contributed by atoms with Crippen molar-refractivity contribution in [2.24, 2.45) is 0 Å². The number of benzene rings is 8. The van der Waals surface area contributed by atoms with Gasteiger partial charge in [-0.25, -0.2) is 4.98 Å². The van der Waals surface area contributed by atoms with Crippen molar-refractivity contribution in [2.45, 2.75) is 0 Å².